The maximum absolute atomic E-state index is 11.4. The van der Waals surface area contributed by atoms with Crippen LogP contribution in [0.15, 0.2) is 30.3 Å². The topological polar surface area (TPSA) is 29.5 Å². The summed E-state index contributed by atoms with van der Waals surface area (Å²) in [6.45, 7) is 2.61. The fourth-order valence-corrected chi connectivity index (χ4v) is 2.27. The molecule has 1 aromatic rings. The summed E-state index contributed by atoms with van der Waals surface area (Å²) < 4.78 is 4.78. The van der Waals surface area contributed by atoms with Gasteiger partial charge in [0.2, 0.25) is 0 Å². The van der Waals surface area contributed by atoms with Crippen LogP contribution in [0.25, 0.3) is 0 Å². The lowest BCUT2D eigenvalue weighted by molar-refractivity contribution is -0.147. The summed E-state index contributed by atoms with van der Waals surface area (Å²) in [7, 11) is 1.46. The van der Waals surface area contributed by atoms with E-state index < -0.39 is 0 Å². The Morgan fingerprint density at radius 3 is 2.63 bits per heavy atom. The molecule has 1 saturated heterocycles. The second-order valence-electron chi connectivity index (χ2n) is 4.74. The molecule has 0 spiro atoms. The van der Waals surface area contributed by atoms with Crippen LogP contribution >= 0.6 is 0 Å². The summed E-state index contributed by atoms with van der Waals surface area (Å²) in [6, 6.07) is 9.99. The van der Waals surface area contributed by atoms with Gasteiger partial charge >= 0.3 is 5.97 Å². The average molecular weight is 257 g/mol. The number of methoxy groups -OCH3 is 1. The fourth-order valence-electron chi connectivity index (χ4n) is 2.27. The summed E-state index contributed by atoms with van der Waals surface area (Å²) in [6.07, 6.45) is 1.75. The molecule has 0 N–H and O–H groups in total. The highest BCUT2D eigenvalue weighted by atomic mass is 16.5. The maximum Gasteiger partial charge on any atom is 0.308 e. The molecule has 1 aromatic carbocycles. The molecule has 1 aliphatic heterocycles. The van der Waals surface area contributed by atoms with Crippen molar-refractivity contribution in [3.8, 4) is 11.8 Å². The zero-order chi connectivity index (χ0) is 13.5. The molecule has 0 amide bonds. The second-order valence-corrected chi connectivity index (χ2v) is 4.74. The molecule has 1 heterocycles. The van der Waals surface area contributed by atoms with Crippen LogP contribution in [0.2, 0.25) is 0 Å². The standard InChI is InChI=1S/C16H19NO2/c1-19-16(18)15-9-12-17(13-10-15)11-5-8-14-6-3-2-4-7-14/h2-4,6-7,15H,9-13H2,1H3. The number of hydrogen-bond donors (Lipinski definition) is 0. The van der Waals surface area contributed by atoms with E-state index in [4.69, 9.17) is 4.74 Å². The van der Waals surface area contributed by atoms with Gasteiger partial charge in [-0.1, -0.05) is 30.0 Å². The Balaban J connectivity index is 1.78. The van der Waals surface area contributed by atoms with Crippen LogP contribution in [-0.4, -0.2) is 37.6 Å². The fraction of sp³-hybridized carbons (Fsp3) is 0.438. The van der Waals surface area contributed by atoms with E-state index in [9.17, 15) is 4.79 Å². The molecule has 100 valence electrons. The van der Waals surface area contributed by atoms with E-state index in [-0.39, 0.29) is 11.9 Å². The largest absolute Gasteiger partial charge is 0.469 e. The minimum Gasteiger partial charge on any atom is -0.469 e. The summed E-state index contributed by atoms with van der Waals surface area (Å²) in [5.41, 5.74) is 1.05. The number of likely N-dealkylation sites (tertiary alicyclic amines) is 1. The third-order valence-electron chi connectivity index (χ3n) is 3.43. The van der Waals surface area contributed by atoms with Gasteiger partial charge in [0.25, 0.3) is 0 Å². The smallest absolute Gasteiger partial charge is 0.308 e. The molecular weight excluding hydrogens is 238 g/mol. The van der Waals surface area contributed by atoms with Crippen molar-refractivity contribution in [1.82, 2.24) is 4.90 Å². The van der Waals surface area contributed by atoms with Crippen molar-refractivity contribution in [3.05, 3.63) is 35.9 Å². The zero-order valence-corrected chi connectivity index (χ0v) is 11.3. The first-order valence-corrected chi connectivity index (χ1v) is 6.63. The molecule has 0 radical (unpaired) electrons. The molecule has 19 heavy (non-hydrogen) atoms. The van der Waals surface area contributed by atoms with Gasteiger partial charge in [-0.3, -0.25) is 9.69 Å². The summed E-state index contributed by atoms with van der Waals surface area (Å²) in [4.78, 5) is 13.7. The van der Waals surface area contributed by atoms with Gasteiger partial charge in [0, 0.05) is 5.56 Å². The van der Waals surface area contributed by atoms with Crippen molar-refractivity contribution < 1.29 is 9.53 Å². The molecule has 2 rings (SSSR count). The Hall–Kier alpha value is -1.79. The van der Waals surface area contributed by atoms with Crippen LogP contribution in [0.4, 0.5) is 0 Å². The molecule has 0 bridgehead atoms. The van der Waals surface area contributed by atoms with Crippen molar-refractivity contribution in [1.29, 1.82) is 0 Å². The normalized spacial score (nSPS) is 16.5. The molecule has 1 fully saturated rings. The van der Waals surface area contributed by atoms with Crippen LogP contribution in [-0.2, 0) is 9.53 Å². The molecule has 3 nitrogen and oxygen atoms in total. The second kappa shape index (κ2) is 6.96. The Labute approximate surface area is 114 Å². The van der Waals surface area contributed by atoms with Gasteiger partial charge in [-0.05, 0) is 38.1 Å². The first-order chi connectivity index (χ1) is 9.29. The van der Waals surface area contributed by atoms with E-state index in [1.54, 1.807) is 0 Å². The van der Waals surface area contributed by atoms with Crippen molar-refractivity contribution in [2.75, 3.05) is 26.7 Å². The lowest BCUT2D eigenvalue weighted by atomic mass is 9.97. The van der Waals surface area contributed by atoms with Gasteiger partial charge < -0.3 is 4.74 Å². The number of hydrogen-bond acceptors (Lipinski definition) is 3. The quantitative estimate of drug-likeness (QED) is 0.599. The SMILES string of the molecule is COC(=O)C1CCN(CC#Cc2ccccc2)CC1. The maximum atomic E-state index is 11.4. The van der Waals surface area contributed by atoms with E-state index in [1.807, 2.05) is 30.3 Å². The van der Waals surface area contributed by atoms with Gasteiger partial charge in [-0.2, -0.15) is 0 Å². The lowest BCUT2D eigenvalue weighted by Gasteiger charge is -2.28. The summed E-state index contributed by atoms with van der Waals surface area (Å²) in [5, 5.41) is 0. The number of esters is 1. The number of nitrogens with zero attached hydrogens (tertiary/aromatic N) is 1. The first kappa shape index (κ1) is 13.6. The molecule has 0 unspecified atom stereocenters. The predicted molar refractivity (Wildman–Crippen MR) is 74.5 cm³/mol. The number of carbonyl (C=O) groups is 1. The van der Waals surface area contributed by atoms with Gasteiger partial charge in [0.05, 0.1) is 19.6 Å². The van der Waals surface area contributed by atoms with E-state index in [2.05, 4.69) is 16.7 Å². The number of benzene rings is 1. The Morgan fingerprint density at radius 2 is 2.00 bits per heavy atom. The van der Waals surface area contributed by atoms with E-state index in [0.29, 0.717) is 0 Å². The Morgan fingerprint density at radius 1 is 1.32 bits per heavy atom. The molecule has 1 aliphatic rings. The molecular formula is C16H19NO2. The van der Waals surface area contributed by atoms with E-state index >= 15 is 0 Å². The Bertz CT molecular complexity index is 465. The minimum atomic E-state index is -0.0741. The predicted octanol–water partition coefficient (Wildman–Crippen LogP) is 1.92. The summed E-state index contributed by atoms with van der Waals surface area (Å²) >= 11 is 0. The highest BCUT2D eigenvalue weighted by Gasteiger charge is 2.24. The molecule has 0 aliphatic carbocycles. The van der Waals surface area contributed by atoms with Crippen LogP contribution in [0.3, 0.4) is 0 Å². The monoisotopic (exact) mass is 257 g/mol. The van der Waals surface area contributed by atoms with Gasteiger partial charge in [-0.25, -0.2) is 0 Å². The Kier molecular flexibility index (Phi) is 5.00. The van der Waals surface area contributed by atoms with E-state index in [1.165, 1.54) is 7.11 Å². The molecule has 0 atom stereocenters. The van der Waals surface area contributed by atoms with Gasteiger partial charge in [-0.15, -0.1) is 0 Å². The summed E-state index contributed by atoms with van der Waals surface area (Å²) in [5.74, 6) is 6.34. The number of rotatable bonds is 2. The lowest BCUT2D eigenvalue weighted by Crippen LogP contribution is -2.36. The molecule has 0 saturated carbocycles. The average Bonchev–Trinajstić information content (AvgIpc) is 2.48. The molecule has 0 aromatic heterocycles. The van der Waals surface area contributed by atoms with Crippen molar-refractivity contribution >= 4 is 5.97 Å². The van der Waals surface area contributed by atoms with Crippen LogP contribution in [0.5, 0.6) is 0 Å². The van der Waals surface area contributed by atoms with Gasteiger partial charge in [0.15, 0.2) is 0 Å². The molecule has 3 heteroatoms. The zero-order valence-electron chi connectivity index (χ0n) is 11.3. The minimum absolute atomic E-state index is 0.0725. The third kappa shape index (κ3) is 4.11. The van der Waals surface area contributed by atoms with Crippen molar-refractivity contribution in [2.24, 2.45) is 5.92 Å². The van der Waals surface area contributed by atoms with Crippen molar-refractivity contribution in [3.63, 3.8) is 0 Å². The van der Waals surface area contributed by atoms with Crippen molar-refractivity contribution in [2.45, 2.75) is 12.8 Å². The third-order valence-corrected chi connectivity index (χ3v) is 3.43. The van der Waals surface area contributed by atoms with Gasteiger partial charge in [0.1, 0.15) is 0 Å². The van der Waals surface area contributed by atoms with Crippen LogP contribution in [0.1, 0.15) is 18.4 Å². The number of ether oxygens (including phenoxy) is 1. The first-order valence-electron chi connectivity index (χ1n) is 6.63. The number of carbonyl (C=O) groups excluding carboxylic acids is 1. The van der Waals surface area contributed by atoms with Crippen LogP contribution in [0, 0.1) is 17.8 Å². The highest BCUT2D eigenvalue weighted by Crippen LogP contribution is 2.17. The van der Waals surface area contributed by atoms with E-state index in [0.717, 1.165) is 38.0 Å². The highest BCUT2D eigenvalue weighted by molar-refractivity contribution is 5.72. The van der Waals surface area contributed by atoms with Crippen LogP contribution < -0.4 is 0 Å². The number of piperidine rings is 1.